The van der Waals surface area contributed by atoms with Gasteiger partial charge in [-0.25, -0.2) is 4.79 Å². The molecule has 0 atom stereocenters. The number of hydrogen-bond donors (Lipinski definition) is 1. The van der Waals surface area contributed by atoms with E-state index in [0.717, 1.165) is 4.88 Å². The van der Waals surface area contributed by atoms with Gasteiger partial charge in [0.2, 0.25) is 11.7 Å². The zero-order valence-electron chi connectivity index (χ0n) is 16.2. The van der Waals surface area contributed by atoms with Gasteiger partial charge in [-0.05, 0) is 54.9 Å². The number of nitrogens with one attached hydrogen (secondary N) is 1. The summed E-state index contributed by atoms with van der Waals surface area (Å²) in [5, 5.41) is 12.3. The van der Waals surface area contributed by atoms with Crippen LogP contribution in [0.1, 0.15) is 35.1 Å². The topological polar surface area (TPSA) is 99.2 Å². The molecule has 0 saturated heterocycles. The van der Waals surface area contributed by atoms with E-state index in [0.29, 0.717) is 32.0 Å². The van der Waals surface area contributed by atoms with E-state index in [4.69, 9.17) is 9.15 Å². The van der Waals surface area contributed by atoms with E-state index in [1.807, 2.05) is 31.4 Å². The summed E-state index contributed by atoms with van der Waals surface area (Å²) >= 11 is 5.88. The van der Waals surface area contributed by atoms with Crippen molar-refractivity contribution in [1.82, 2.24) is 14.8 Å². The normalized spacial score (nSPS) is 11.1. The van der Waals surface area contributed by atoms with E-state index >= 15 is 0 Å². The zero-order valence-corrected chi connectivity index (χ0v) is 19.4. The molecule has 0 aliphatic carbocycles. The van der Waals surface area contributed by atoms with Gasteiger partial charge in [0.25, 0.3) is 0 Å². The molecule has 3 rings (SSSR count). The fourth-order valence-electron chi connectivity index (χ4n) is 2.60. The molecule has 0 radical (unpaired) electrons. The van der Waals surface area contributed by atoms with Crippen molar-refractivity contribution in [2.75, 3.05) is 18.2 Å². The zero-order chi connectivity index (χ0) is 21.1. The van der Waals surface area contributed by atoms with Crippen LogP contribution in [0.15, 0.2) is 32.4 Å². The summed E-state index contributed by atoms with van der Waals surface area (Å²) in [4.78, 5) is 25.2. The number of aromatic nitrogens is 3. The molecule has 3 aromatic rings. The minimum Gasteiger partial charge on any atom is -0.465 e. The molecule has 0 fully saturated rings. The van der Waals surface area contributed by atoms with Gasteiger partial charge in [-0.1, -0.05) is 11.8 Å². The largest absolute Gasteiger partial charge is 0.465 e. The lowest BCUT2D eigenvalue weighted by Crippen LogP contribution is -2.16. The van der Waals surface area contributed by atoms with Crippen molar-refractivity contribution in [2.24, 2.45) is 0 Å². The van der Waals surface area contributed by atoms with Gasteiger partial charge in [-0.2, -0.15) is 0 Å². The lowest BCUT2D eigenvalue weighted by Gasteiger charge is -2.12. The smallest absolute Gasteiger partial charge is 0.340 e. The summed E-state index contributed by atoms with van der Waals surface area (Å²) < 4.78 is 12.9. The van der Waals surface area contributed by atoms with Gasteiger partial charge in [0, 0.05) is 10.9 Å². The summed E-state index contributed by atoms with van der Waals surface area (Å²) in [6, 6.07) is 5.36. The minimum atomic E-state index is -0.480. The number of thioether (sulfide) groups is 1. The fourth-order valence-corrected chi connectivity index (χ4v) is 4.69. The fraction of sp³-hybridized carbons (Fsp3) is 0.333. The van der Waals surface area contributed by atoms with Crippen molar-refractivity contribution in [2.45, 2.75) is 32.0 Å². The molecule has 0 aliphatic heterocycles. The number of carbonyl (C=O) groups is 2. The Labute approximate surface area is 184 Å². The highest BCUT2D eigenvalue weighted by atomic mass is 79.9. The molecule has 154 valence electrons. The Morgan fingerprint density at radius 2 is 2.14 bits per heavy atom. The first-order chi connectivity index (χ1) is 13.8. The predicted molar refractivity (Wildman–Crippen MR) is 116 cm³/mol. The number of amides is 1. The maximum atomic E-state index is 12.5. The van der Waals surface area contributed by atoms with Crippen molar-refractivity contribution < 1.29 is 18.7 Å². The number of ether oxygens (including phenoxy) is 1. The minimum absolute atomic E-state index is 0.0697. The molecule has 0 bridgehead atoms. The van der Waals surface area contributed by atoms with Gasteiger partial charge in [0.05, 0.1) is 18.4 Å². The molecule has 3 heterocycles. The number of halogens is 1. The van der Waals surface area contributed by atoms with Gasteiger partial charge < -0.3 is 14.5 Å². The van der Waals surface area contributed by atoms with Gasteiger partial charge >= 0.3 is 5.97 Å². The number of thiophene rings is 1. The third-order valence-corrected chi connectivity index (χ3v) is 6.16. The Bertz CT molecular complexity index is 1040. The number of nitrogens with zero attached hydrogens (tertiary/aromatic N) is 3. The van der Waals surface area contributed by atoms with Crippen LogP contribution in [0.3, 0.4) is 0 Å². The molecule has 1 amide bonds. The Kier molecular flexibility index (Phi) is 6.81. The van der Waals surface area contributed by atoms with Crippen LogP contribution in [0.25, 0.3) is 11.6 Å². The third-order valence-electron chi connectivity index (χ3n) is 3.82. The van der Waals surface area contributed by atoms with Crippen LogP contribution in [-0.4, -0.2) is 39.5 Å². The van der Waals surface area contributed by atoms with Crippen LogP contribution in [0.4, 0.5) is 5.00 Å². The SMILES string of the molecule is COC(=O)c1cc(C)sc1NC(=O)CSc1nnc(-c2ccc(Br)o2)n1C(C)C. The van der Waals surface area contributed by atoms with Gasteiger partial charge in [-0.15, -0.1) is 21.5 Å². The summed E-state index contributed by atoms with van der Waals surface area (Å²) in [6.45, 7) is 5.87. The number of anilines is 1. The molecule has 1 N–H and O–H groups in total. The second-order valence-corrected chi connectivity index (χ2v) is 9.28. The molecule has 3 aromatic heterocycles. The Hall–Kier alpha value is -2.11. The predicted octanol–water partition coefficient (Wildman–Crippen LogP) is 4.77. The Balaban J connectivity index is 1.73. The number of carbonyl (C=O) groups excluding carboxylic acids is 2. The van der Waals surface area contributed by atoms with Crippen molar-refractivity contribution >= 4 is 55.9 Å². The number of esters is 1. The van der Waals surface area contributed by atoms with Crippen LogP contribution in [-0.2, 0) is 9.53 Å². The van der Waals surface area contributed by atoms with Crippen molar-refractivity contribution in [3.8, 4) is 11.6 Å². The summed E-state index contributed by atoms with van der Waals surface area (Å²) in [5.74, 6) is 0.569. The van der Waals surface area contributed by atoms with E-state index < -0.39 is 5.97 Å². The Morgan fingerprint density at radius 1 is 1.38 bits per heavy atom. The molecule has 8 nitrogen and oxygen atoms in total. The first-order valence-electron chi connectivity index (χ1n) is 8.62. The summed E-state index contributed by atoms with van der Waals surface area (Å²) in [6.07, 6.45) is 0. The quantitative estimate of drug-likeness (QED) is 0.369. The third kappa shape index (κ3) is 4.90. The van der Waals surface area contributed by atoms with Gasteiger partial charge in [0.15, 0.2) is 15.6 Å². The average Bonchev–Trinajstić information content (AvgIpc) is 3.37. The van der Waals surface area contributed by atoms with Crippen LogP contribution in [0.2, 0.25) is 0 Å². The standard InChI is InChI=1S/C18H19BrN4O4S2/c1-9(2)23-15(12-5-6-13(19)27-12)21-22-18(23)28-8-14(24)20-16-11(17(25)26-4)7-10(3)29-16/h5-7,9H,8H2,1-4H3,(H,20,24). The maximum Gasteiger partial charge on any atom is 0.340 e. The number of hydrogen-bond acceptors (Lipinski definition) is 8. The summed E-state index contributed by atoms with van der Waals surface area (Å²) in [5.41, 5.74) is 0.351. The van der Waals surface area contributed by atoms with Crippen molar-refractivity contribution in [3.05, 3.63) is 33.3 Å². The van der Waals surface area contributed by atoms with Crippen LogP contribution in [0, 0.1) is 6.92 Å². The highest BCUT2D eigenvalue weighted by molar-refractivity contribution is 9.10. The van der Waals surface area contributed by atoms with Crippen LogP contribution in [0.5, 0.6) is 0 Å². The van der Waals surface area contributed by atoms with E-state index in [1.54, 1.807) is 12.1 Å². The van der Waals surface area contributed by atoms with Crippen molar-refractivity contribution in [3.63, 3.8) is 0 Å². The van der Waals surface area contributed by atoms with E-state index in [2.05, 4.69) is 31.4 Å². The second-order valence-electron chi connectivity index (χ2n) is 6.30. The molecule has 29 heavy (non-hydrogen) atoms. The highest BCUT2D eigenvalue weighted by Crippen LogP contribution is 2.31. The molecular weight excluding hydrogens is 480 g/mol. The molecule has 0 aliphatic rings. The van der Waals surface area contributed by atoms with E-state index in [-0.39, 0.29) is 17.7 Å². The highest BCUT2D eigenvalue weighted by Gasteiger charge is 2.21. The lowest BCUT2D eigenvalue weighted by molar-refractivity contribution is -0.113. The monoisotopic (exact) mass is 498 g/mol. The maximum absolute atomic E-state index is 12.5. The van der Waals surface area contributed by atoms with Gasteiger partial charge in [-0.3, -0.25) is 9.36 Å². The molecule has 0 spiro atoms. The molecule has 0 aromatic carbocycles. The molecule has 0 saturated carbocycles. The van der Waals surface area contributed by atoms with Gasteiger partial charge in [0.1, 0.15) is 5.00 Å². The summed E-state index contributed by atoms with van der Waals surface area (Å²) in [7, 11) is 1.31. The number of methoxy groups -OCH3 is 1. The number of furan rings is 1. The average molecular weight is 499 g/mol. The van der Waals surface area contributed by atoms with Crippen LogP contribution >= 0.6 is 39.0 Å². The molecule has 11 heteroatoms. The molecular formula is C18H19BrN4O4S2. The number of aryl methyl sites for hydroxylation is 1. The van der Waals surface area contributed by atoms with Crippen molar-refractivity contribution in [1.29, 1.82) is 0 Å². The number of rotatable bonds is 7. The van der Waals surface area contributed by atoms with Crippen LogP contribution < -0.4 is 5.32 Å². The first-order valence-corrected chi connectivity index (χ1v) is 11.2. The Morgan fingerprint density at radius 3 is 2.76 bits per heavy atom. The first kappa shape index (κ1) is 21.6. The van der Waals surface area contributed by atoms with E-state index in [9.17, 15) is 9.59 Å². The lowest BCUT2D eigenvalue weighted by atomic mass is 10.3. The second kappa shape index (κ2) is 9.14. The van der Waals surface area contributed by atoms with E-state index in [1.165, 1.54) is 30.2 Å². The molecule has 0 unspecified atom stereocenters.